The third-order valence-corrected chi connectivity index (χ3v) is 5.90. The van der Waals surface area contributed by atoms with E-state index in [1.807, 2.05) is 6.92 Å². The highest BCUT2D eigenvalue weighted by molar-refractivity contribution is 7.17. The fourth-order valence-corrected chi connectivity index (χ4v) is 4.14. The van der Waals surface area contributed by atoms with Crippen LogP contribution in [-0.2, 0) is 6.54 Å². The van der Waals surface area contributed by atoms with Crippen LogP contribution in [0.15, 0.2) is 65.5 Å². The molecule has 162 valence electrons. The second kappa shape index (κ2) is 9.11. The summed E-state index contributed by atoms with van der Waals surface area (Å²) < 4.78 is 14.4. The first kappa shape index (κ1) is 21.4. The number of nitrogens with zero attached hydrogens (tertiary/aromatic N) is 2. The van der Waals surface area contributed by atoms with E-state index < -0.39 is 11.8 Å². The minimum Gasteiger partial charge on any atom is -0.267 e. The van der Waals surface area contributed by atoms with Crippen LogP contribution < -0.4 is 16.4 Å². The van der Waals surface area contributed by atoms with Crippen molar-refractivity contribution >= 4 is 33.9 Å². The van der Waals surface area contributed by atoms with Crippen LogP contribution in [0.1, 0.15) is 33.5 Å². The molecule has 0 spiro atoms. The predicted octanol–water partition coefficient (Wildman–Crippen LogP) is 3.75. The number of amides is 2. The number of carbonyl (C=O) groups excluding carboxylic acids is 2. The molecule has 0 saturated heterocycles. The van der Waals surface area contributed by atoms with Gasteiger partial charge in [-0.15, -0.1) is 11.3 Å². The smallest absolute Gasteiger partial charge is 0.267 e. The standard InChI is InChI=1S/C23H19FN4O3S/c1-2-13-28-23(31)17-6-4-3-5-16(17)20(27-28)22(30)26-25-21(29)19-12-11-18(32-19)14-7-9-15(24)10-8-14/h3-12H,2,13H2,1H3,(H,25,29)(H,26,30). The molecule has 4 rings (SSSR count). The Hall–Kier alpha value is -3.85. The summed E-state index contributed by atoms with van der Waals surface area (Å²) in [5, 5.41) is 5.00. The second-order valence-corrected chi connectivity index (χ2v) is 8.09. The molecule has 0 saturated carbocycles. The van der Waals surface area contributed by atoms with Gasteiger partial charge in [0.25, 0.3) is 17.4 Å². The maximum absolute atomic E-state index is 13.1. The summed E-state index contributed by atoms with van der Waals surface area (Å²) in [5.74, 6) is -1.46. The summed E-state index contributed by atoms with van der Waals surface area (Å²) in [4.78, 5) is 39.0. The third-order valence-electron chi connectivity index (χ3n) is 4.77. The molecule has 0 aliphatic heterocycles. The summed E-state index contributed by atoms with van der Waals surface area (Å²) in [6, 6.07) is 16.1. The molecule has 2 heterocycles. The first-order chi connectivity index (χ1) is 15.5. The van der Waals surface area contributed by atoms with E-state index in [0.717, 1.165) is 10.4 Å². The largest absolute Gasteiger partial charge is 0.290 e. The van der Waals surface area contributed by atoms with E-state index in [1.165, 1.54) is 28.2 Å². The maximum Gasteiger partial charge on any atom is 0.290 e. The van der Waals surface area contributed by atoms with Crippen molar-refractivity contribution in [2.45, 2.75) is 19.9 Å². The molecular formula is C23H19FN4O3S. The number of hydrogen-bond donors (Lipinski definition) is 2. The molecule has 0 radical (unpaired) electrons. The highest BCUT2D eigenvalue weighted by atomic mass is 32.1. The molecule has 32 heavy (non-hydrogen) atoms. The van der Waals surface area contributed by atoms with Crippen molar-refractivity contribution < 1.29 is 14.0 Å². The highest BCUT2D eigenvalue weighted by Crippen LogP contribution is 2.28. The average molecular weight is 450 g/mol. The van der Waals surface area contributed by atoms with Gasteiger partial charge in [0.2, 0.25) is 0 Å². The molecule has 0 aliphatic carbocycles. The van der Waals surface area contributed by atoms with Crippen LogP contribution in [-0.4, -0.2) is 21.6 Å². The molecule has 0 atom stereocenters. The molecule has 2 N–H and O–H groups in total. The molecule has 7 nitrogen and oxygen atoms in total. The summed E-state index contributed by atoms with van der Waals surface area (Å²) in [5.41, 5.74) is 5.33. The molecule has 2 aromatic heterocycles. The Morgan fingerprint density at radius 1 is 0.969 bits per heavy atom. The van der Waals surface area contributed by atoms with Gasteiger partial charge in [0, 0.05) is 16.8 Å². The quantitative estimate of drug-likeness (QED) is 0.453. The summed E-state index contributed by atoms with van der Waals surface area (Å²) >= 11 is 1.21. The molecule has 4 aromatic rings. The van der Waals surface area contributed by atoms with Crippen molar-refractivity contribution in [3.8, 4) is 10.4 Å². The van der Waals surface area contributed by atoms with E-state index in [4.69, 9.17) is 0 Å². The predicted molar refractivity (Wildman–Crippen MR) is 121 cm³/mol. The Morgan fingerprint density at radius 3 is 2.38 bits per heavy atom. The van der Waals surface area contributed by atoms with Crippen molar-refractivity contribution in [1.82, 2.24) is 20.6 Å². The van der Waals surface area contributed by atoms with Gasteiger partial charge in [-0.2, -0.15) is 5.10 Å². The lowest BCUT2D eigenvalue weighted by Crippen LogP contribution is -2.42. The summed E-state index contributed by atoms with van der Waals surface area (Å²) in [7, 11) is 0. The monoisotopic (exact) mass is 450 g/mol. The fourth-order valence-electron chi connectivity index (χ4n) is 3.23. The van der Waals surface area contributed by atoms with Crippen molar-refractivity contribution in [3.05, 3.63) is 87.4 Å². The van der Waals surface area contributed by atoms with Crippen molar-refractivity contribution in [2.24, 2.45) is 0 Å². The lowest BCUT2D eigenvalue weighted by Gasteiger charge is -2.11. The van der Waals surface area contributed by atoms with Gasteiger partial charge in [0.15, 0.2) is 5.69 Å². The lowest BCUT2D eigenvalue weighted by atomic mass is 10.1. The van der Waals surface area contributed by atoms with Gasteiger partial charge < -0.3 is 0 Å². The Morgan fingerprint density at radius 2 is 1.66 bits per heavy atom. The maximum atomic E-state index is 13.1. The van der Waals surface area contributed by atoms with Crippen LogP contribution in [0, 0.1) is 5.82 Å². The van der Waals surface area contributed by atoms with Gasteiger partial charge >= 0.3 is 0 Å². The minimum atomic E-state index is -0.630. The Labute approximate surface area is 186 Å². The van der Waals surface area contributed by atoms with E-state index in [-0.39, 0.29) is 17.1 Å². The van der Waals surface area contributed by atoms with Crippen LogP contribution in [0.5, 0.6) is 0 Å². The molecule has 0 aliphatic rings. The van der Waals surface area contributed by atoms with Gasteiger partial charge in [-0.1, -0.05) is 37.3 Å². The second-order valence-electron chi connectivity index (χ2n) is 7.00. The van der Waals surface area contributed by atoms with Crippen LogP contribution in [0.4, 0.5) is 4.39 Å². The number of aryl methyl sites for hydroxylation is 1. The summed E-state index contributed by atoms with van der Waals surface area (Å²) in [6.07, 6.45) is 0.678. The SMILES string of the molecule is CCCn1nc(C(=O)NNC(=O)c2ccc(-c3ccc(F)cc3)s2)c2ccccc2c1=O. The number of thiophene rings is 1. The number of carbonyl (C=O) groups is 2. The first-order valence-corrected chi connectivity index (χ1v) is 10.8. The molecule has 9 heteroatoms. The zero-order chi connectivity index (χ0) is 22.7. The van der Waals surface area contributed by atoms with Crippen LogP contribution in [0.25, 0.3) is 21.2 Å². The minimum absolute atomic E-state index is 0.0483. The van der Waals surface area contributed by atoms with E-state index >= 15 is 0 Å². The number of fused-ring (bicyclic) bond motifs is 1. The number of aromatic nitrogens is 2. The van der Waals surface area contributed by atoms with Gasteiger partial charge in [-0.3, -0.25) is 25.2 Å². The molecular weight excluding hydrogens is 431 g/mol. The number of rotatable bonds is 5. The third kappa shape index (κ3) is 4.28. The van der Waals surface area contributed by atoms with Gasteiger partial charge in [-0.25, -0.2) is 9.07 Å². The van der Waals surface area contributed by atoms with Crippen LogP contribution in [0.3, 0.4) is 0 Å². The Balaban J connectivity index is 1.52. The number of nitrogens with one attached hydrogen (secondary N) is 2. The van der Waals surface area contributed by atoms with E-state index in [2.05, 4.69) is 16.0 Å². The van der Waals surface area contributed by atoms with Crippen molar-refractivity contribution in [3.63, 3.8) is 0 Å². The number of hydrazine groups is 1. The van der Waals surface area contributed by atoms with Crippen molar-refractivity contribution in [1.29, 1.82) is 0 Å². The Bertz CT molecular complexity index is 1360. The molecule has 0 bridgehead atoms. The fraction of sp³-hybridized carbons (Fsp3) is 0.130. The zero-order valence-corrected chi connectivity index (χ0v) is 17.9. The number of halogens is 1. The summed E-state index contributed by atoms with van der Waals surface area (Å²) in [6.45, 7) is 2.28. The number of hydrogen-bond acceptors (Lipinski definition) is 5. The molecule has 0 unspecified atom stereocenters. The highest BCUT2D eigenvalue weighted by Gasteiger charge is 2.18. The van der Waals surface area contributed by atoms with Gasteiger partial charge in [0.1, 0.15) is 5.82 Å². The first-order valence-electron chi connectivity index (χ1n) is 9.94. The van der Waals surface area contributed by atoms with E-state index in [0.29, 0.717) is 28.6 Å². The topological polar surface area (TPSA) is 93.1 Å². The van der Waals surface area contributed by atoms with Crippen LogP contribution in [0.2, 0.25) is 0 Å². The van der Waals surface area contributed by atoms with Gasteiger partial charge in [0.05, 0.1) is 10.3 Å². The van der Waals surface area contributed by atoms with E-state index in [9.17, 15) is 18.8 Å². The van der Waals surface area contributed by atoms with Crippen molar-refractivity contribution in [2.75, 3.05) is 0 Å². The molecule has 0 fully saturated rings. The number of benzene rings is 2. The Kier molecular flexibility index (Phi) is 6.09. The van der Waals surface area contributed by atoms with Gasteiger partial charge in [-0.05, 0) is 42.3 Å². The normalized spacial score (nSPS) is 10.8. The average Bonchev–Trinajstić information content (AvgIpc) is 3.30. The zero-order valence-electron chi connectivity index (χ0n) is 17.1. The lowest BCUT2D eigenvalue weighted by molar-refractivity contribution is 0.0846. The van der Waals surface area contributed by atoms with Crippen LogP contribution >= 0.6 is 11.3 Å². The molecule has 2 amide bonds. The molecule has 2 aromatic carbocycles. The van der Waals surface area contributed by atoms with E-state index in [1.54, 1.807) is 48.5 Å².